The number of halogens is 1. The van der Waals surface area contributed by atoms with Gasteiger partial charge in [0.1, 0.15) is 0 Å². The number of aliphatic carboxylic acids is 1. The van der Waals surface area contributed by atoms with Crippen LogP contribution in [0.1, 0.15) is 18.2 Å². The minimum atomic E-state index is -0.817. The first-order valence-corrected chi connectivity index (χ1v) is 5.85. The Morgan fingerprint density at radius 2 is 2.33 bits per heavy atom. The van der Waals surface area contributed by atoms with Crippen LogP contribution in [0.15, 0.2) is 28.8 Å². The SMILES string of the molecule is O=C(O)C1CC1c1nc(-c2cccc(Cl)c2)no1. The summed E-state index contributed by atoms with van der Waals surface area (Å²) < 4.78 is 5.10. The molecule has 2 unspecified atom stereocenters. The van der Waals surface area contributed by atoms with Crippen LogP contribution in [0.4, 0.5) is 0 Å². The van der Waals surface area contributed by atoms with E-state index in [9.17, 15) is 4.79 Å². The van der Waals surface area contributed by atoms with Crippen LogP contribution in [0.2, 0.25) is 5.02 Å². The lowest BCUT2D eigenvalue weighted by molar-refractivity contribution is -0.138. The summed E-state index contributed by atoms with van der Waals surface area (Å²) in [5.74, 6) is -0.538. The number of nitrogens with zero attached hydrogens (tertiary/aromatic N) is 2. The summed E-state index contributed by atoms with van der Waals surface area (Å²) in [6, 6.07) is 7.11. The van der Waals surface area contributed by atoms with Gasteiger partial charge in [-0.3, -0.25) is 4.79 Å². The summed E-state index contributed by atoms with van der Waals surface area (Å²) in [6.45, 7) is 0. The number of hydrogen-bond donors (Lipinski definition) is 1. The van der Waals surface area contributed by atoms with Crippen LogP contribution in [-0.4, -0.2) is 21.2 Å². The highest BCUT2D eigenvalue weighted by molar-refractivity contribution is 6.30. The lowest BCUT2D eigenvalue weighted by Gasteiger charge is -1.93. The van der Waals surface area contributed by atoms with Crippen molar-refractivity contribution in [2.24, 2.45) is 5.92 Å². The van der Waals surface area contributed by atoms with Gasteiger partial charge >= 0.3 is 5.97 Å². The second-order valence-corrected chi connectivity index (χ2v) is 4.69. The Morgan fingerprint density at radius 3 is 3.00 bits per heavy atom. The maximum Gasteiger partial charge on any atom is 0.307 e. The summed E-state index contributed by atoms with van der Waals surface area (Å²) in [5, 5.41) is 13.3. The molecular formula is C12H9ClN2O3. The van der Waals surface area contributed by atoms with Crippen LogP contribution in [0, 0.1) is 5.92 Å². The van der Waals surface area contributed by atoms with Crippen LogP contribution in [-0.2, 0) is 4.79 Å². The largest absolute Gasteiger partial charge is 0.481 e. The molecule has 1 N–H and O–H groups in total. The molecule has 2 aromatic rings. The van der Waals surface area contributed by atoms with Crippen LogP contribution in [0.25, 0.3) is 11.4 Å². The Balaban J connectivity index is 1.84. The Hall–Kier alpha value is -1.88. The second kappa shape index (κ2) is 4.10. The second-order valence-electron chi connectivity index (χ2n) is 4.25. The van der Waals surface area contributed by atoms with E-state index < -0.39 is 11.9 Å². The van der Waals surface area contributed by atoms with E-state index >= 15 is 0 Å². The van der Waals surface area contributed by atoms with Gasteiger partial charge in [-0.15, -0.1) is 0 Å². The molecule has 1 aliphatic carbocycles. The van der Waals surface area contributed by atoms with Crippen molar-refractivity contribution in [2.75, 3.05) is 0 Å². The molecule has 1 heterocycles. The van der Waals surface area contributed by atoms with Gasteiger partial charge in [0.15, 0.2) is 0 Å². The van der Waals surface area contributed by atoms with Gasteiger partial charge in [0, 0.05) is 10.6 Å². The molecule has 1 saturated carbocycles. The molecule has 0 radical (unpaired) electrons. The van der Waals surface area contributed by atoms with Crippen LogP contribution in [0.3, 0.4) is 0 Å². The Kier molecular flexibility index (Phi) is 2.56. The van der Waals surface area contributed by atoms with Crippen molar-refractivity contribution in [3.05, 3.63) is 35.2 Å². The summed E-state index contributed by atoms with van der Waals surface area (Å²) >= 11 is 5.88. The van der Waals surface area contributed by atoms with E-state index in [1.807, 2.05) is 6.07 Å². The molecule has 2 atom stereocenters. The standard InChI is InChI=1S/C12H9ClN2O3/c13-7-3-1-2-6(4-7)10-14-11(18-15-10)8-5-9(8)12(16)17/h1-4,8-9H,5H2,(H,16,17). The Morgan fingerprint density at radius 1 is 1.50 bits per heavy atom. The lowest BCUT2D eigenvalue weighted by Crippen LogP contribution is -1.98. The average Bonchev–Trinajstić information content (AvgIpc) is 3.00. The number of hydrogen-bond acceptors (Lipinski definition) is 4. The zero-order valence-electron chi connectivity index (χ0n) is 9.21. The third-order valence-corrected chi connectivity index (χ3v) is 3.18. The van der Waals surface area contributed by atoms with Crippen LogP contribution in [0.5, 0.6) is 0 Å². The molecule has 1 fully saturated rings. The van der Waals surface area contributed by atoms with Crippen molar-refractivity contribution in [3.63, 3.8) is 0 Å². The lowest BCUT2D eigenvalue weighted by atomic mass is 10.2. The number of aromatic nitrogens is 2. The van der Waals surface area contributed by atoms with Crippen molar-refractivity contribution in [2.45, 2.75) is 12.3 Å². The zero-order chi connectivity index (χ0) is 12.7. The molecule has 0 spiro atoms. The quantitative estimate of drug-likeness (QED) is 0.922. The molecule has 1 aliphatic rings. The summed E-state index contributed by atoms with van der Waals surface area (Å²) in [4.78, 5) is 15.0. The Labute approximate surface area is 107 Å². The fourth-order valence-electron chi connectivity index (χ4n) is 1.87. The molecule has 92 valence electrons. The number of rotatable bonds is 3. The molecule has 1 aromatic heterocycles. The first-order valence-electron chi connectivity index (χ1n) is 5.47. The average molecular weight is 265 g/mol. The van der Waals surface area contributed by atoms with Gasteiger partial charge in [-0.2, -0.15) is 4.98 Å². The van der Waals surface area contributed by atoms with E-state index in [1.54, 1.807) is 18.2 Å². The van der Waals surface area contributed by atoms with E-state index in [4.69, 9.17) is 21.2 Å². The van der Waals surface area contributed by atoms with Crippen molar-refractivity contribution < 1.29 is 14.4 Å². The number of carbonyl (C=O) groups is 1. The van der Waals surface area contributed by atoms with Crippen LogP contribution < -0.4 is 0 Å². The molecule has 5 nitrogen and oxygen atoms in total. The molecule has 1 aromatic carbocycles. The first-order chi connectivity index (χ1) is 8.65. The smallest absolute Gasteiger partial charge is 0.307 e. The third-order valence-electron chi connectivity index (χ3n) is 2.95. The summed E-state index contributed by atoms with van der Waals surface area (Å²) in [5.41, 5.74) is 0.755. The maximum absolute atomic E-state index is 10.8. The molecule has 0 amide bonds. The minimum Gasteiger partial charge on any atom is -0.481 e. The van der Waals surface area contributed by atoms with Crippen molar-refractivity contribution in [1.82, 2.24) is 10.1 Å². The molecule has 0 bridgehead atoms. The summed E-state index contributed by atoms with van der Waals surface area (Å²) in [7, 11) is 0. The first kappa shape index (κ1) is 11.2. The van der Waals surface area contributed by atoms with E-state index in [0.717, 1.165) is 5.56 Å². The highest BCUT2D eigenvalue weighted by atomic mass is 35.5. The number of carboxylic acids is 1. The maximum atomic E-state index is 10.8. The predicted molar refractivity (Wildman–Crippen MR) is 63.2 cm³/mol. The van der Waals surface area contributed by atoms with Crippen LogP contribution >= 0.6 is 11.6 Å². The van der Waals surface area contributed by atoms with E-state index in [0.29, 0.717) is 23.2 Å². The topological polar surface area (TPSA) is 76.2 Å². The summed E-state index contributed by atoms with van der Waals surface area (Å²) in [6.07, 6.45) is 0.562. The van der Waals surface area contributed by atoms with Crippen molar-refractivity contribution in [1.29, 1.82) is 0 Å². The number of carboxylic acid groups (broad SMARTS) is 1. The highest BCUT2D eigenvalue weighted by Gasteiger charge is 2.48. The molecule has 0 aliphatic heterocycles. The van der Waals surface area contributed by atoms with Gasteiger partial charge in [-0.1, -0.05) is 28.9 Å². The Bertz CT molecular complexity index is 611. The van der Waals surface area contributed by atoms with Gasteiger partial charge in [0.2, 0.25) is 11.7 Å². The van der Waals surface area contributed by atoms with E-state index in [-0.39, 0.29) is 5.92 Å². The minimum absolute atomic E-state index is 0.150. The fraction of sp³-hybridized carbons (Fsp3) is 0.250. The molecular weight excluding hydrogens is 256 g/mol. The molecule has 6 heteroatoms. The van der Waals surface area contributed by atoms with Gasteiger partial charge in [0.25, 0.3) is 0 Å². The van der Waals surface area contributed by atoms with Crippen molar-refractivity contribution in [3.8, 4) is 11.4 Å². The van der Waals surface area contributed by atoms with Gasteiger partial charge in [0.05, 0.1) is 11.8 Å². The van der Waals surface area contributed by atoms with Gasteiger partial charge in [-0.05, 0) is 18.6 Å². The fourth-order valence-corrected chi connectivity index (χ4v) is 2.06. The van der Waals surface area contributed by atoms with Crippen molar-refractivity contribution >= 4 is 17.6 Å². The normalized spacial score (nSPS) is 21.8. The zero-order valence-corrected chi connectivity index (χ0v) is 9.96. The molecule has 3 rings (SSSR count). The predicted octanol–water partition coefficient (Wildman–Crippen LogP) is 2.58. The van der Waals surface area contributed by atoms with Gasteiger partial charge in [-0.25, -0.2) is 0 Å². The van der Waals surface area contributed by atoms with E-state index in [2.05, 4.69) is 10.1 Å². The van der Waals surface area contributed by atoms with E-state index in [1.165, 1.54) is 0 Å². The monoisotopic (exact) mass is 264 g/mol. The molecule has 0 saturated heterocycles. The number of benzene rings is 1. The van der Waals surface area contributed by atoms with Gasteiger partial charge < -0.3 is 9.63 Å². The third kappa shape index (κ3) is 1.97. The molecule has 18 heavy (non-hydrogen) atoms. The highest BCUT2D eigenvalue weighted by Crippen LogP contribution is 2.47.